The number of nitrogens with one attached hydrogen (secondary N) is 3. The molecule has 0 aliphatic carbocycles. The summed E-state index contributed by atoms with van der Waals surface area (Å²) in [6.45, 7) is 2.75. The van der Waals surface area contributed by atoms with Crippen molar-refractivity contribution in [3.63, 3.8) is 0 Å². The number of amides is 1. The van der Waals surface area contributed by atoms with Gasteiger partial charge < -0.3 is 15.4 Å². The lowest BCUT2D eigenvalue weighted by Gasteiger charge is -2.11. The lowest BCUT2D eigenvalue weighted by molar-refractivity contribution is -0.114. The van der Waals surface area contributed by atoms with Crippen molar-refractivity contribution in [3.8, 4) is 0 Å². The van der Waals surface area contributed by atoms with Gasteiger partial charge in [-0.2, -0.15) is 0 Å². The Labute approximate surface area is 151 Å². The van der Waals surface area contributed by atoms with Gasteiger partial charge >= 0.3 is 0 Å². The van der Waals surface area contributed by atoms with Crippen molar-refractivity contribution in [2.24, 2.45) is 0 Å². The van der Waals surface area contributed by atoms with Crippen molar-refractivity contribution >= 4 is 45.6 Å². The minimum atomic E-state index is -4.04. The molecule has 1 aromatic carbocycles. The highest BCUT2D eigenvalue weighted by atomic mass is 35.5. The molecule has 138 valence electrons. The first kappa shape index (κ1) is 23.0. The van der Waals surface area contributed by atoms with Crippen LogP contribution in [-0.2, 0) is 19.6 Å². The van der Waals surface area contributed by atoms with Gasteiger partial charge in [0.05, 0.1) is 17.3 Å². The molecule has 0 unspecified atom stereocenters. The second-order valence-electron chi connectivity index (χ2n) is 4.58. The molecule has 0 bridgehead atoms. The van der Waals surface area contributed by atoms with Gasteiger partial charge in [-0.05, 0) is 6.07 Å². The van der Waals surface area contributed by atoms with Crippen LogP contribution in [0.1, 0.15) is 6.92 Å². The number of carbonyl (C=O) groups excluding carboxylic acids is 1. The number of hydrogen-bond donors (Lipinski definition) is 3. The third kappa shape index (κ3) is 7.29. The van der Waals surface area contributed by atoms with Crippen LogP contribution in [0.25, 0.3) is 0 Å². The Hall–Kier alpha value is -0.970. The Bertz CT molecular complexity index is 659. The molecule has 0 fully saturated rings. The highest BCUT2D eigenvalue weighted by molar-refractivity contribution is 7.89. The van der Waals surface area contributed by atoms with Crippen LogP contribution >= 0.6 is 24.0 Å². The third-order valence-electron chi connectivity index (χ3n) is 2.70. The summed E-state index contributed by atoms with van der Waals surface area (Å²) in [7, 11) is -2.49. The third-order valence-corrected chi connectivity index (χ3v) is 4.49. The van der Waals surface area contributed by atoms with E-state index < -0.39 is 26.6 Å². The molecular weight excluding hydrogens is 384 g/mol. The van der Waals surface area contributed by atoms with Crippen LogP contribution in [0.2, 0.25) is 5.02 Å². The van der Waals surface area contributed by atoms with Crippen molar-refractivity contribution < 1.29 is 22.3 Å². The van der Waals surface area contributed by atoms with Crippen LogP contribution in [0.5, 0.6) is 0 Å². The number of rotatable bonds is 9. The fourth-order valence-electron chi connectivity index (χ4n) is 1.67. The van der Waals surface area contributed by atoms with Gasteiger partial charge in [0, 0.05) is 39.7 Å². The van der Waals surface area contributed by atoms with Crippen molar-refractivity contribution in [2.75, 3.05) is 38.7 Å². The summed E-state index contributed by atoms with van der Waals surface area (Å²) in [6.07, 6.45) is 0. The van der Waals surface area contributed by atoms with Gasteiger partial charge in [0.2, 0.25) is 15.9 Å². The van der Waals surface area contributed by atoms with Crippen LogP contribution < -0.4 is 15.4 Å². The zero-order valence-electron chi connectivity index (χ0n) is 13.2. The molecule has 1 aromatic rings. The molecule has 1 amide bonds. The Morgan fingerprint density at radius 1 is 1.29 bits per heavy atom. The minimum Gasteiger partial charge on any atom is -0.383 e. The molecule has 0 aromatic heterocycles. The second kappa shape index (κ2) is 10.8. The maximum absolute atomic E-state index is 14.0. The molecule has 0 aliphatic heterocycles. The van der Waals surface area contributed by atoms with Gasteiger partial charge in [-0.3, -0.25) is 4.79 Å². The predicted octanol–water partition coefficient (Wildman–Crippen LogP) is 1.37. The number of ether oxygens (including phenoxy) is 1. The van der Waals surface area contributed by atoms with Gasteiger partial charge in [-0.1, -0.05) is 11.6 Å². The lowest BCUT2D eigenvalue weighted by atomic mass is 10.3. The molecule has 0 atom stereocenters. The normalized spacial score (nSPS) is 11.0. The first-order chi connectivity index (χ1) is 10.8. The Balaban J connectivity index is 0.00000529. The van der Waals surface area contributed by atoms with Crippen molar-refractivity contribution in [1.82, 2.24) is 10.0 Å². The lowest BCUT2D eigenvalue weighted by Crippen LogP contribution is -2.33. The fourth-order valence-corrected chi connectivity index (χ4v) is 3.06. The smallest absolute Gasteiger partial charge is 0.243 e. The molecule has 7 nitrogen and oxygen atoms in total. The Morgan fingerprint density at radius 3 is 2.54 bits per heavy atom. The Kier molecular flexibility index (Phi) is 10.4. The maximum Gasteiger partial charge on any atom is 0.243 e. The maximum atomic E-state index is 14.0. The largest absolute Gasteiger partial charge is 0.383 e. The molecule has 1 rings (SSSR count). The van der Waals surface area contributed by atoms with E-state index in [-0.39, 0.29) is 29.7 Å². The SMILES string of the molecule is COCCNCCNS(=O)(=O)c1cc(Cl)c(NC(C)=O)cc1F.Cl. The molecular formula is C13H20Cl2FN3O4S. The predicted molar refractivity (Wildman–Crippen MR) is 92.9 cm³/mol. The van der Waals surface area contributed by atoms with E-state index in [1.165, 1.54) is 6.92 Å². The summed E-state index contributed by atoms with van der Waals surface area (Å²) >= 11 is 5.87. The minimum absolute atomic E-state index is 0. The number of sulfonamides is 1. The second-order valence-corrected chi connectivity index (χ2v) is 6.73. The number of hydrogen-bond acceptors (Lipinski definition) is 5. The molecule has 24 heavy (non-hydrogen) atoms. The fraction of sp³-hybridized carbons (Fsp3) is 0.462. The first-order valence-electron chi connectivity index (χ1n) is 6.74. The van der Waals surface area contributed by atoms with Crippen LogP contribution in [0.15, 0.2) is 17.0 Å². The summed E-state index contributed by atoms with van der Waals surface area (Å²) in [6, 6.07) is 1.83. The molecule has 0 heterocycles. The van der Waals surface area contributed by atoms with Crippen molar-refractivity contribution in [2.45, 2.75) is 11.8 Å². The number of benzene rings is 1. The summed E-state index contributed by atoms with van der Waals surface area (Å²) in [4.78, 5) is 10.4. The van der Waals surface area contributed by atoms with Crippen LogP contribution in [0.3, 0.4) is 0 Å². The van der Waals surface area contributed by atoms with Gasteiger partial charge in [-0.25, -0.2) is 17.5 Å². The summed E-state index contributed by atoms with van der Waals surface area (Å²) in [5, 5.41) is 5.20. The van der Waals surface area contributed by atoms with E-state index in [1.807, 2.05) is 0 Å². The zero-order chi connectivity index (χ0) is 17.5. The molecule has 0 spiro atoms. The van der Waals surface area contributed by atoms with Crippen molar-refractivity contribution in [3.05, 3.63) is 23.0 Å². The molecule has 11 heteroatoms. The monoisotopic (exact) mass is 403 g/mol. The van der Waals surface area contributed by atoms with E-state index in [0.29, 0.717) is 19.7 Å². The summed E-state index contributed by atoms with van der Waals surface area (Å²) in [5.74, 6) is -1.44. The average molecular weight is 404 g/mol. The number of halogens is 3. The van der Waals surface area contributed by atoms with Gasteiger partial charge in [0.1, 0.15) is 10.7 Å². The van der Waals surface area contributed by atoms with Crippen LogP contribution in [0.4, 0.5) is 10.1 Å². The molecule has 3 N–H and O–H groups in total. The molecule has 0 saturated carbocycles. The number of anilines is 1. The zero-order valence-corrected chi connectivity index (χ0v) is 15.6. The topological polar surface area (TPSA) is 96.5 Å². The van der Waals surface area contributed by atoms with Gasteiger partial charge in [0.25, 0.3) is 0 Å². The van der Waals surface area contributed by atoms with E-state index in [4.69, 9.17) is 16.3 Å². The first-order valence-corrected chi connectivity index (χ1v) is 8.60. The van der Waals surface area contributed by atoms with Gasteiger partial charge in [-0.15, -0.1) is 12.4 Å². The van der Waals surface area contributed by atoms with E-state index >= 15 is 0 Å². The Morgan fingerprint density at radius 2 is 1.96 bits per heavy atom. The number of carbonyl (C=O) groups is 1. The highest BCUT2D eigenvalue weighted by Gasteiger charge is 2.21. The van der Waals surface area contributed by atoms with Crippen LogP contribution in [-0.4, -0.2) is 47.7 Å². The quantitative estimate of drug-likeness (QED) is 0.541. The summed E-state index contributed by atoms with van der Waals surface area (Å²) < 4.78 is 45.2. The molecule has 0 radical (unpaired) electrons. The molecule has 0 saturated heterocycles. The van der Waals surface area contributed by atoms with Gasteiger partial charge in [0.15, 0.2) is 0 Å². The number of methoxy groups -OCH3 is 1. The average Bonchev–Trinajstić information content (AvgIpc) is 2.45. The van der Waals surface area contributed by atoms with E-state index in [2.05, 4.69) is 15.4 Å². The van der Waals surface area contributed by atoms with E-state index in [9.17, 15) is 17.6 Å². The molecule has 0 aliphatic rings. The van der Waals surface area contributed by atoms with E-state index in [0.717, 1.165) is 12.1 Å². The standard InChI is InChI=1S/C13H19ClFN3O4S.ClH/c1-9(19)18-12-8-11(15)13(7-10(12)14)23(20,21)17-4-3-16-5-6-22-2;/h7-8,16-17H,3-6H2,1-2H3,(H,18,19);1H. The highest BCUT2D eigenvalue weighted by Crippen LogP contribution is 2.27. The van der Waals surface area contributed by atoms with Crippen LogP contribution in [0, 0.1) is 5.82 Å². The van der Waals surface area contributed by atoms with Crippen molar-refractivity contribution in [1.29, 1.82) is 0 Å². The summed E-state index contributed by atoms with van der Waals surface area (Å²) in [5.41, 5.74) is 0.0110. The van der Waals surface area contributed by atoms with E-state index in [1.54, 1.807) is 7.11 Å².